The zero-order chi connectivity index (χ0) is 18.1. The van der Waals surface area contributed by atoms with E-state index in [2.05, 4.69) is 10.1 Å². The highest BCUT2D eigenvalue weighted by atomic mass is 16.5. The molecule has 8 nitrogen and oxygen atoms in total. The molecule has 1 amide bonds. The highest BCUT2D eigenvalue weighted by Gasteiger charge is 2.36. The quantitative estimate of drug-likeness (QED) is 0.881. The summed E-state index contributed by atoms with van der Waals surface area (Å²) in [6.45, 7) is 1.83. The number of fused-ring (bicyclic) bond motifs is 1. The van der Waals surface area contributed by atoms with Crippen LogP contribution < -0.4 is 10.5 Å². The standard InChI is InChI=1S/C18H23N5O3/c1-25-14-8-13(10-22-5-4-17(19)21-22)23(11-14)18(24)15-7-12-3-2-6-26-16(12)9-20-15/h4-5,7,9,13-14H,2-3,6,8,10-11H2,1H3,(H2,19,21)/t13-,14-/m0/s1. The van der Waals surface area contributed by atoms with Crippen LogP contribution in [0, 0.1) is 0 Å². The Kier molecular flexibility index (Phi) is 4.50. The van der Waals surface area contributed by atoms with E-state index in [1.54, 1.807) is 24.1 Å². The summed E-state index contributed by atoms with van der Waals surface area (Å²) < 4.78 is 12.9. The maximum Gasteiger partial charge on any atom is 0.272 e. The van der Waals surface area contributed by atoms with Gasteiger partial charge in [0.15, 0.2) is 0 Å². The lowest BCUT2D eigenvalue weighted by Gasteiger charge is -2.25. The molecule has 0 radical (unpaired) electrons. The van der Waals surface area contributed by atoms with Gasteiger partial charge in [0.2, 0.25) is 0 Å². The Morgan fingerprint density at radius 3 is 3.15 bits per heavy atom. The number of nitrogens with two attached hydrogens (primary N) is 1. The summed E-state index contributed by atoms with van der Waals surface area (Å²) in [7, 11) is 1.68. The first-order valence-electron chi connectivity index (χ1n) is 8.88. The molecule has 0 saturated carbocycles. The number of carbonyl (C=O) groups excluding carboxylic acids is 1. The molecule has 2 aromatic rings. The minimum Gasteiger partial charge on any atom is -0.492 e. The third-order valence-corrected chi connectivity index (χ3v) is 5.04. The van der Waals surface area contributed by atoms with E-state index in [0.717, 1.165) is 30.6 Å². The van der Waals surface area contributed by atoms with Crippen LogP contribution in [0.5, 0.6) is 5.75 Å². The van der Waals surface area contributed by atoms with Crippen molar-refractivity contribution in [1.29, 1.82) is 0 Å². The molecular weight excluding hydrogens is 334 g/mol. The number of aromatic nitrogens is 3. The van der Waals surface area contributed by atoms with Crippen LogP contribution >= 0.6 is 0 Å². The van der Waals surface area contributed by atoms with E-state index in [1.807, 2.05) is 17.2 Å². The van der Waals surface area contributed by atoms with Gasteiger partial charge in [-0.05, 0) is 37.0 Å². The van der Waals surface area contributed by atoms with Gasteiger partial charge in [0.1, 0.15) is 17.3 Å². The van der Waals surface area contributed by atoms with E-state index in [0.29, 0.717) is 31.2 Å². The molecule has 0 spiro atoms. The number of aryl methyl sites for hydroxylation is 1. The van der Waals surface area contributed by atoms with Gasteiger partial charge in [-0.25, -0.2) is 4.98 Å². The first-order valence-corrected chi connectivity index (χ1v) is 8.88. The molecule has 2 aliphatic rings. The number of amides is 1. The summed E-state index contributed by atoms with van der Waals surface area (Å²) in [6.07, 6.45) is 6.13. The molecule has 2 atom stereocenters. The molecule has 2 aromatic heterocycles. The van der Waals surface area contributed by atoms with Gasteiger partial charge in [0.25, 0.3) is 5.91 Å². The van der Waals surface area contributed by atoms with Crippen LogP contribution in [0.15, 0.2) is 24.5 Å². The number of anilines is 1. The molecular formula is C18H23N5O3. The van der Waals surface area contributed by atoms with Gasteiger partial charge >= 0.3 is 0 Å². The molecule has 26 heavy (non-hydrogen) atoms. The number of hydrogen-bond donors (Lipinski definition) is 1. The Hall–Kier alpha value is -2.61. The predicted octanol–water partition coefficient (Wildman–Crippen LogP) is 1.11. The number of ether oxygens (including phenoxy) is 2. The van der Waals surface area contributed by atoms with Crippen molar-refractivity contribution in [3.05, 3.63) is 35.8 Å². The SMILES string of the molecule is CO[C@H]1C[C@@H](Cn2ccc(N)n2)N(C(=O)c2cc3c(cn2)OCCC3)C1. The van der Waals surface area contributed by atoms with Crippen molar-refractivity contribution < 1.29 is 14.3 Å². The van der Waals surface area contributed by atoms with Gasteiger partial charge in [0.05, 0.1) is 31.5 Å². The molecule has 4 heterocycles. The van der Waals surface area contributed by atoms with Gasteiger partial charge < -0.3 is 20.1 Å². The Bertz CT molecular complexity index is 806. The third kappa shape index (κ3) is 3.24. The number of methoxy groups -OCH3 is 1. The van der Waals surface area contributed by atoms with Crippen molar-refractivity contribution in [1.82, 2.24) is 19.7 Å². The molecule has 0 unspecified atom stereocenters. The van der Waals surface area contributed by atoms with Crippen LogP contribution in [-0.4, -0.2) is 58.0 Å². The van der Waals surface area contributed by atoms with Crippen LogP contribution in [0.2, 0.25) is 0 Å². The molecule has 2 aliphatic heterocycles. The van der Waals surface area contributed by atoms with Gasteiger partial charge in [-0.2, -0.15) is 5.10 Å². The molecule has 1 saturated heterocycles. The van der Waals surface area contributed by atoms with Gasteiger partial charge in [-0.15, -0.1) is 0 Å². The number of hydrogen-bond acceptors (Lipinski definition) is 6. The fourth-order valence-electron chi connectivity index (χ4n) is 3.68. The number of pyridine rings is 1. The second kappa shape index (κ2) is 6.95. The van der Waals surface area contributed by atoms with Crippen LogP contribution in [0.1, 0.15) is 28.9 Å². The summed E-state index contributed by atoms with van der Waals surface area (Å²) >= 11 is 0. The zero-order valence-corrected chi connectivity index (χ0v) is 14.8. The highest BCUT2D eigenvalue weighted by Crippen LogP contribution is 2.27. The van der Waals surface area contributed by atoms with Crippen molar-refractivity contribution in [2.24, 2.45) is 0 Å². The van der Waals surface area contributed by atoms with Crippen molar-refractivity contribution in [2.75, 3.05) is 26.0 Å². The minimum absolute atomic E-state index is 0.0119. The van der Waals surface area contributed by atoms with E-state index >= 15 is 0 Å². The van der Waals surface area contributed by atoms with Crippen LogP contribution in [0.4, 0.5) is 5.82 Å². The van der Waals surface area contributed by atoms with E-state index in [9.17, 15) is 4.79 Å². The normalized spacial score (nSPS) is 22.1. The van der Waals surface area contributed by atoms with Crippen molar-refractivity contribution in [3.63, 3.8) is 0 Å². The van der Waals surface area contributed by atoms with E-state index in [4.69, 9.17) is 15.2 Å². The number of carbonyl (C=O) groups is 1. The Balaban J connectivity index is 1.55. The first-order chi connectivity index (χ1) is 12.6. The average molecular weight is 357 g/mol. The molecule has 138 valence electrons. The van der Waals surface area contributed by atoms with Gasteiger partial charge in [-0.3, -0.25) is 9.48 Å². The predicted molar refractivity (Wildman–Crippen MR) is 94.9 cm³/mol. The summed E-state index contributed by atoms with van der Waals surface area (Å²) in [5.41, 5.74) is 7.20. The summed E-state index contributed by atoms with van der Waals surface area (Å²) in [5.74, 6) is 1.18. The summed E-state index contributed by atoms with van der Waals surface area (Å²) in [5, 5.41) is 4.23. The number of likely N-dealkylation sites (tertiary alicyclic amines) is 1. The largest absolute Gasteiger partial charge is 0.492 e. The molecule has 2 N–H and O–H groups in total. The lowest BCUT2D eigenvalue weighted by molar-refractivity contribution is 0.0673. The van der Waals surface area contributed by atoms with Crippen molar-refractivity contribution in [2.45, 2.75) is 38.0 Å². The summed E-state index contributed by atoms with van der Waals surface area (Å²) in [6, 6.07) is 3.60. The average Bonchev–Trinajstić information content (AvgIpc) is 3.27. The number of nitrogens with zero attached hydrogens (tertiary/aromatic N) is 4. The lowest BCUT2D eigenvalue weighted by atomic mass is 10.1. The van der Waals surface area contributed by atoms with Crippen LogP contribution in [0.3, 0.4) is 0 Å². The topological polar surface area (TPSA) is 95.5 Å². The van der Waals surface area contributed by atoms with Crippen LogP contribution in [-0.2, 0) is 17.7 Å². The van der Waals surface area contributed by atoms with Crippen LogP contribution in [0.25, 0.3) is 0 Å². The summed E-state index contributed by atoms with van der Waals surface area (Å²) in [4.78, 5) is 19.3. The lowest BCUT2D eigenvalue weighted by Crippen LogP contribution is -2.39. The van der Waals surface area contributed by atoms with Gasteiger partial charge in [0, 0.05) is 19.9 Å². The third-order valence-electron chi connectivity index (χ3n) is 5.04. The second-order valence-corrected chi connectivity index (χ2v) is 6.80. The first kappa shape index (κ1) is 16.8. The van der Waals surface area contributed by atoms with E-state index < -0.39 is 0 Å². The highest BCUT2D eigenvalue weighted by molar-refractivity contribution is 5.93. The number of nitrogen functional groups attached to an aromatic ring is 1. The Morgan fingerprint density at radius 2 is 2.38 bits per heavy atom. The molecule has 0 aliphatic carbocycles. The smallest absolute Gasteiger partial charge is 0.272 e. The Labute approximate surface area is 151 Å². The van der Waals surface area contributed by atoms with E-state index in [1.165, 1.54) is 0 Å². The van der Waals surface area contributed by atoms with Crippen molar-refractivity contribution >= 4 is 11.7 Å². The van der Waals surface area contributed by atoms with E-state index in [-0.39, 0.29) is 18.1 Å². The molecule has 4 rings (SSSR count). The molecule has 8 heteroatoms. The fourth-order valence-corrected chi connectivity index (χ4v) is 3.68. The maximum atomic E-state index is 13.1. The van der Waals surface area contributed by atoms with Crippen molar-refractivity contribution in [3.8, 4) is 5.75 Å². The molecule has 1 fully saturated rings. The fraction of sp³-hybridized carbons (Fsp3) is 0.500. The number of rotatable bonds is 4. The monoisotopic (exact) mass is 357 g/mol. The molecule has 0 bridgehead atoms. The zero-order valence-electron chi connectivity index (χ0n) is 14.8. The minimum atomic E-state index is -0.0805. The Morgan fingerprint density at radius 1 is 1.50 bits per heavy atom. The molecule has 0 aromatic carbocycles. The second-order valence-electron chi connectivity index (χ2n) is 6.80. The van der Waals surface area contributed by atoms with Gasteiger partial charge in [-0.1, -0.05) is 0 Å². The maximum absolute atomic E-state index is 13.1.